The zero-order valence-corrected chi connectivity index (χ0v) is 16.9. The summed E-state index contributed by atoms with van der Waals surface area (Å²) in [5.41, 5.74) is 1.25. The Bertz CT molecular complexity index is 1190. The lowest BCUT2D eigenvalue weighted by molar-refractivity contribution is 0.0946. The Labute approximate surface area is 168 Å². The summed E-state index contributed by atoms with van der Waals surface area (Å²) >= 11 is 0. The maximum atomic E-state index is 12.5. The fourth-order valence-electron chi connectivity index (χ4n) is 2.93. The highest BCUT2D eigenvalue weighted by atomic mass is 32.2. The molecule has 9 heteroatoms. The van der Waals surface area contributed by atoms with Crippen molar-refractivity contribution in [3.8, 4) is 0 Å². The van der Waals surface area contributed by atoms with Crippen LogP contribution in [-0.2, 0) is 22.3 Å². The van der Waals surface area contributed by atoms with E-state index in [-0.39, 0.29) is 29.6 Å². The van der Waals surface area contributed by atoms with E-state index >= 15 is 0 Å². The molecule has 8 nitrogen and oxygen atoms in total. The second kappa shape index (κ2) is 8.54. The van der Waals surface area contributed by atoms with E-state index in [0.29, 0.717) is 16.3 Å². The molecule has 29 heavy (non-hydrogen) atoms. The zero-order valence-electron chi connectivity index (χ0n) is 16.1. The molecule has 0 aliphatic carbocycles. The van der Waals surface area contributed by atoms with Gasteiger partial charge in [0, 0.05) is 18.0 Å². The van der Waals surface area contributed by atoms with Gasteiger partial charge in [-0.1, -0.05) is 42.5 Å². The van der Waals surface area contributed by atoms with Crippen molar-refractivity contribution in [1.29, 1.82) is 0 Å². The van der Waals surface area contributed by atoms with Gasteiger partial charge in [-0.3, -0.25) is 9.59 Å². The van der Waals surface area contributed by atoms with Crippen LogP contribution in [0.3, 0.4) is 0 Å². The average Bonchev–Trinajstić information content (AvgIpc) is 2.66. The number of carbonyl (C=O) groups excluding carboxylic acids is 1. The lowest BCUT2D eigenvalue weighted by atomic mass is 10.1. The summed E-state index contributed by atoms with van der Waals surface area (Å²) in [5, 5.41) is 9.85. The molecule has 3 rings (SSSR count). The van der Waals surface area contributed by atoms with Gasteiger partial charge in [-0.25, -0.2) is 18.2 Å². The van der Waals surface area contributed by atoms with Crippen molar-refractivity contribution in [1.82, 2.24) is 20.2 Å². The van der Waals surface area contributed by atoms with E-state index in [1.807, 2.05) is 0 Å². The molecule has 152 valence electrons. The van der Waals surface area contributed by atoms with Crippen LogP contribution in [0.5, 0.6) is 0 Å². The molecule has 3 aromatic rings. The first-order valence-electron chi connectivity index (χ1n) is 9.08. The molecule has 0 aliphatic heterocycles. The predicted octanol–water partition coefficient (Wildman–Crippen LogP) is 1.68. The van der Waals surface area contributed by atoms with Crippen LogP contribution in [0.15, 0.2) is 53.3 Å². The topological polar surface area (TPSA) is 121 Å². The number of amides is 1. The normalized spacial score (nSPS) is 11.7. The molecule has 3 N–H and O–H groups in total. The number of fused-ring (bicyclic) bond motifs is 1. The van der Waals surface area contributed by atoms with Crippen LogP contribution >= 0.6 is 0 Å². The lowest BCUT2D eigenvalue weighted by Gasteiger charge is -2.10. The number of aromatic amines is 1. The van der Waals surface area contributed by atoms with Gasteiger partial charge >= 0.3 is 0 Å². The third kappa shape index (κ3) is 5.27. The number of sulfonamides is 1. The van der Waals surface area contributed by atoms with Crippen LogP contribution in [-0.4, -0.2) is 30.6 Å². The van der Waals surface area contributed by atoms with E-state index in [0.717, 1.165) is 5.56 Å². The third-order valence-corrected chi connectivity index (χ3v) is 5.70. The molecule has 0 aliphatic rings. The fourth-order valence-corrected chi connectivity index (χ4v) is 4.36. The van der Waals surface area contributed by atoms with Gasteiger partial charge in [-0.15, -0.1) is 0 Å². The number of nitrogens with one attached hydrogen (secondary N) is 3. The highest BCUT2D eigenvalue weighted by Crippen LogP contribution is 2.13. The van der Waals surface area contributed by atoms with Crippen molar-refractivity contribution in [2.75, 3.05) is 0 Å². The monoisotopic (exact) mass is 414 g/mol. The number of hydrogen-bond acceptors (Lipinski definition) is 5. The molecule has 1 aromatic heterocycles. The molecular formula is C20H22N4O4S. The number of aromatic nitrogens is 2. The van der Waals surface area contributed by atoms with Crippen molar-refractivity contribution >= 4 is 26.7 Å². The quantitative estimate of drug-likeness (QED) is 0.543. The first kappa shape index (κ1) is 20.7. The van der Waals surface area contributed by atoms with Crippen LogP contribution in [0.4, 0.5) is 0 Å². The number of hydrogen-bond donors (Lipinski definition) is 3. The third-order valence-electron chi connectivity index (χ3n) is 4.16. The number of carbonyl (C=O) groups is 1. The molecule has 2 aromatic carbocycles. The Morgan fingerprint density at radius 1 is 1.03 bits per heavy atom. The van der Waals surface area contributed by atoms with E-state index in [9.17, 15) is 18.0 Å². The predicted molar refractivity (Wildman–Crippen MR) is 111 cm³/mol. The van der Waals surface area contributed by atoms with E-state index in [1.165, 1.54) is 0 Å². The van der Waals surface area contributed by atoms with Crippen molar-refractivity contribution in [2.45, 2.75) is 32.2 Å². The second-order valence-corrected chi connectivity index (χ2v) is 8.73. The van der Waals surface area contributed by atoms with Crippen molar-refractivity contribution in [3.05, 3.63) is 75.7 Å². The molecule has 0 saturated heterocycles. The molecule has 1 heterocycles. The first-order chi connectivity index (χ1) is 13.7. The minimum absolute atomic E-state index is 0.106. The number of H-pyrrole nitrogens is 1. The average molecular weight is 414 g/mol. The summed E-state index contributed by atoms with van der Waals surface area (Å²) in [4.78, 5) is 24.3. The van der Waals surface area contributed by atoms with Gasteiger partial charge in [-0.05, 0) is 31.0 Å². The van der Waals surface area contributed by atoms with Crippen molar-refractivity contribution in [3.63, 3.8) is 0 Å². The summed E-state index contributed by atoms with van der Waals surface area (Å²) in [6.07, 6.45) is 0. The Kier molecular flexibility index (Phi) is 6.09. The number of nitrogens with zero attached hydrogens (tertiary/aromatic N) is 1. The molecule has 0 spiro atoms. The molecule has 0 fully saturated rings. The SMILES string of the molecule is CC(C)NS(=O)(=O)Cc1ccc(CNC(=O)c2n[nH]c(=O)c3ccccc23)cc1. The zero-order chi connectivity index (χ0) is 21.0. The van der Waals surface area contributed by atoms with Crippen molar-refractivity contribution < 1.29 is 13.2 Å². The highest BCUT2D eigenvalue weighted by molar-refractivity contribution is 7.88. The standard InChI is InChI=1S/C20H22N4O4S/c1-13(2)24-29(27,28)12-15-9-7-14(8-10-15)11-21-20(26)18-16-5-3-4-6-17(16)19(25)23-22-18/h3-10,13,24H,11-12H2,1-2H3,(H,21,26)(H,23,25). The largest absolute Gasteiger partial charge is 0.347 e. The van der Waals surface area contributed by atoms with Crippen LogP contribution in [0.1, 0.15) is 35.5 Å². The Balaban J connectivity index is 1.67. The summed E-state index contributed by atoms with van der Waals surface area (Å²) in [5.74, 6) is -0.518. The van der Waals surface area contributed by atoms with E-state index < -0.39 is 15.9 Å². The number of benzene rings is 2. The van der Waals surface area contributed by atoms with Gasteiger partial charge in [-0.2, -0.15) is 5.10 Å². The van der Waals surface area contributed by atoms with Crippen molar-refractivity contribution in [2.24, 2.45) is 0 Å². The summed E-state index contributed by atoms with van der Waals surface area (Å²) in [7, 11) is -3.39. The molecule has 0 unspecified atom stereocenters. The summed E-state index contributed by atoms with van der Waals surface area (Å²) in [6, 6.07) is 13.6. The molecule has 0 atom stereocenters. The Morgan fingerprint density at radius 2 is 1.66 bits per heavy atom. The molecule has 0 radical (unpaired) electrons. The van der Waals surface area contributed by atoms with Gasteiger partial charge in [0.1, 0.15) is 0 Å². The minimum Gasteiger partial charge on any atom is -0.347 e. The van der Waals surface area contributed by atoms with Crippen LogP contribution < -0.4 is 15.6 Å². The fraction of sp³-hybridized carbons (Fsp3) is 0.250. The first-order valence-corrected chi connectivity index (χ1v) is 10.7. The summed E-state index contributed by atoms with van der Waals surface area (Å²) in [6.45, 7) is 3.78. The van der Waals surface area contributed by atoms with E-state index in [4.69, 9.17) is 0 Å². The van der Waals surface area contributed by atoms with E-state index in [1.54, 1.807) is 62.4 Å². The highest BCUT2D eigenvalue weighted by Gasteiger charge is 2.15. The molecule has 0 bridgehead atoms. The van der Waals surface area contributed by atoms with Gasteiger partial charge in [0.05, 0.1) is 11.1 Å². The Hall–Kier alpha value is -3.04. The number of rotatable bonds is 7. The second-order valence-electron chi connectivity index (χ2n) is 6.98. The summed E-state index contributed by atoms with van der Waals surface area (Å²) < 4.78 is 26.5. The van der Waals surface area contributed by atoms with Crippen LogP contribution in [0.25, 0.3) is 10.8 Å². The van der Waals surface area contributed by atoms with Gasteiger partial charge in [0.2, 0.25) is 10.0 Å². The maximum absolute atomic E-state index is 12.5. The van der Waals surface area contributed by atoms with Gasteiger partial charge in [0.15, 0.2) is 5.69 Å². The smallest absolute Gasteiger partial charge is 0.272 e. The molecular weight excluding hydrogens is 392 g/mol. The maximum Gasteiger partial charge on any atom is 0.272 e. The minimum atomic E-state index is -3.39. The van der Waals surface area contributed by atoms with Gasteiger partial charge < -0.3 is 5.32 Å². The Morgan fingerprint density at radius 3 is 2.31 bits per heavy atom. The van der Waals surface area contributed by atoms with Crippen LogP contribution in [0, 0.1) is 0 Å². The molecule has 0 saturated carbocycles. The lowest BCUT2D eigenvalue weighted by Crippen LogP contribution is -2.31. The molecule has 1 amide bonds. The van der Waals surface area contributed by atoms with E-state index in [2.05, 4.69) is 20.2 Å². The van der Waals surface area contributed by atoms with Crippen LogP contribution in [0.2, 0.25) is 0 Å². The van der Waals surface area contributed by atoms with Gasteiger partial charge in [0.25, 0.3) is 11.5 Å².